The molecule has 2 aromatic heterocycles. The van der Waals surface area contributed by atoms with Crippen molar-refractivity contribution in [1.29, 1.82) is 0 Å². The Labute approximate surface area is 150 Å². The molecule has 0 unspecified atom stereocenters. The maximum atomic E-state index is 12.9. The van der Waals surface area contributed by atoms with E-state index in [0.29, 0.717) is 16.5 Å². The third-order valence-electron chi connectivity index (χ3n) is 3.07. The van der Waals surface area contributed by atoms with Crippen molar-refractivity contribution in [2.45, 2.75) is 6.18 Å². The molecule has 2 heterocycles. The summed E-state index contributed by atoms with van der Waals surface area (Å²) in [5.74, 6) is 0.137. The fraction of sp³-hybridized carbons (Fsp3) is 0.0625. The first kappa shape index (κ1) is 17.7. The number of alkyl halides is 3. The van der Waals surface area contributed by atoms with Gasteiger partial charge in [-0.15, -0.1) is 11.3 Å². The molecule has 0 aliphatic rings. The van der Waals surface area contributed by atoms with Crippen LogP contribution < -0.4 is 15.9 Å². The zero-order valence-corrected chi connectivity index (χ0v) is 13.9. The van der Waals surface area contributed by atoms with Crippen molar-refractivity contribution in [3.05, 3.63) is 59.1 Å². The van der Waals surface area contributed by atoms with E-state index in [1.807, 2.05) is 0 Å². The third-order valence-corrected chi connectivity index (χ3v) is 3.83. The van der Waals surface area contributed by atoms with E-state index in [4.69, 9.17) is 10.5 Å². The zero-order chi connectivity index (χ0) is 18.6. The topological polar surface area (TPSA) is 85.4 Å². The molecule has 3 N–H and O–H groups in total. The monoisotopic (exact) mass is 379 g/mol. The fourth-order valence-corrected chi connectivity index (χ4v) is 2.47. The van der Waals surface area contributed by atoms with Gasteiger partial charge in [0.1, 0.15) is 17.1 Å². The van der Waals surface area contributed by atoms with Crippen LogP contribution in [0.1, 0.15) is 11.1 Å². The molecule has 0 atom stereocenters. The number of hydrogen-bond acceptors (Lipinski definition) is 7. The lowest BCUT2D eigenvalue weighted by molar-refractivity contribution is -0.138. The molecular weight excluding hydrogens is 367 g/mol. The SMILES string of the molecule is Nc1csc(NN=Cc2ccc(Oc3ncccc3C(F)(F)F)cc2)n1. The summed E-state index contributed by atoms with van der Waals surface area (Å²) in [7, 11) is 0. The first-order valence-electron chi connectivity index (χ1n) is 7.22. The average molecular weight is 379 g/mol. The van der Waals surface area contributed by atoms with Crippen LogP contribution in [-0.2, 0) is 6.18 Å². The second-order valence-corrected chi connectivity index (χ2v) is 5.83. The van der Waals surface area contributed by atoms with Crippen LogP contribution in [0, 0.1) is 0 Å². The molecule has 10 heteroatoms. The fourth-order valence-electron chi connectivity index (χ4n) is 1.92. The van der Waals surface area contributed by atoms with Crippen molar-refractivity contribution in [3.8, 4) is 11.6 Å². The molecule has 3 aromatic rings. The van der Waals surface area contributed by atoms with E-state index in [0.717, 1.165) is 6.07 Å². The smallest absolute Gasteiger partial charge is 0.421 e. The highest BCUT2D eigenvalue weighted by atomic mass is 32.1. The Balaban J connectivity index is 1.67. The maximum Gasteiger partial charge on any atom is 0.421 e. The number of thiazole rings is 1. The Morgan fingerprint density at radius 3 is 2.62 bits per heavy atom. The van der Waals surface area contributed by atoms with Crippen molar-refractivity contribution >= 4 is 28.5 Å². The molecule has 6 nitrogen and oxygen atoms in total. The van der Waals surface area contributed by atoms with Gasteiger partial charge in [0, 0.05) is 11.6 Å². The molecular formula is C16H12F3N5OS. The molecule has 0 saturated heterocycles. The zero-order valence-electron chi connectivity index (χ0n) is 13.1. The highest BCUT2D eigenvalue weighted by molar-refractivity contribution is 7.14. The number of nitrogens with two attached hydrogens (primary N) is 1. The second kappa shape index (κ2) is 7.40. The van der Waals surface area contributed by atoms with Crippen molar-refractivity contribution in [2.24, 2.45) is 5.10 Å². The first-order valence-corrected chi connectivity index (χ1v) is 8.10. The largest absolute Gasteiger partial charge is 0.438 e. The van der Waals surface area contributed by atoms with Gasteiger partial charge in [-0.2, -0.15) is 18.3 Å². The van der Waals surface area contributed by atoms with E-state index in [2.05, 4.69) is 20.5 Å². The maximum absolute atomic E-state index is 12.9. The number of ether oxygens (including phenoxy) is 1. The van der Waals surface area contributed by atoms with E-state index in [9.17, 15) is 13.2 Å². The van der Waals surface area contributed by atoms with Gasteiger partial charge >= 0.3 is 6.18 Å². The minimum atomic E-state index is -4.54. The molecule has 1 aromatic carbocycles. The highest BCUT2D eigenvalue weighted by Gasteiger charge is 2.35. The molecule has 0 saturated carbocycles. The molecule has 3 rings (SSSR count). The molecule has 0 aliphatic carbocycles. The van der Waals surface area contributed by atoms with Gasteiger partial charge in [-0.25, -0.2) is 9.97 Å². The number of nitrogens with zero attached hydrogens (tertiary/aromatic N) is 3. The molecule has 134 valence electrons. The lowest BCUT2D eigenvalue weighted by Crippen LogP contribution is -2.08. The van der Waals surface area contributed by atoms with Crippen molar-refractivity contribution in [3.63, 3.8) is 0 Å². The van der Waals surface area contributed by atoms with Crippen molar-refractivity contribution in [1.82, 2.24) is 9.97 Å². The van der Waals surface area contributed by atoms with E-state index >= 15 is 0 Å². The summed E-state index contributed by atoms with van der Waals surface area (Å²) in [5.41, 5.74) is 8.00. The molecule has 0 fully saturated rings. The minimum absolute atomic E-state index is 0.229. The summed E-state index contributed by atoms with van der Waals surface area (Å²) in [6.45, 7) is 0. The summed E-state index contributed by atoms with van der Waals surface area (Å²) in [6, 6.07) is 8.47. The first-order chi connectivity index (χ1) is 12.4. The standard InChI is InChI=1S/C16H12F3N5OS/c17-16(18,19)12-2-1-7-21-14(12)25-11-5-3-10(4-6-11)8-22-24-15-23-13(20)9-26-15/h1-9H,20H2,(H,23,24). The van der Waals surface area contributed by atoms with Gasteiger partial charge in [0.05, 0.1) is 6.21 Å². The van der Waals surface area contributed by atoms with Gasteiger partial charge in [-0.3, -0.25) is 5.43 Å². The van der Waals surface area contributed by atoms with E-state index in [1.165, 1.54) is 41.9 Å². The average Bonchev–Trinajstić information content (AvgIpc) is 3.01. The normalized spacial score (nSPS) is 11.7. The highest BCUT2D eigenvalue weighted by Crippen LogP contribution is 2.36. The number of nitrogen functional groups attached to an aromatic ring is 1. The predicted molar refractivity (Wildman–Crippen MR) is 93.5 cm³/mol. The Kier molecular flexibility index (Phi) is 5.03. The summed E-state index contributed by atoms with van der Waals surface area (Å²) in [4.78, 5) is 7.64. The van der Waals surface area contributed by atoms with Crippen LogP contribution in [0.3, 0.4) is 0 Å². The van der Waals surface area contributed by atoms with Crippen LogP contribution in [0.25, 0.3) is 0 Å². The number of anilines is 2. The Morgan fingerprint density at radius 2 is 1.96 bits per heavy atom. The van der Waals surface area contributed by atoms with Gasteiger partial charge < -0.3 is 10.5 Å². The number of nitrogens with one attached hydrogen (secondary N) is 1. The van der Waals surface area contributed by atoms with Crippen LogP contribution in [0.15, 0.2) is 53.1 Å². The number of benzene rings is 1. The van der Waals surface area contributed by atoms with Crippen molar-refractivity contribution in [2.75, 3.05) is 11.2 Å². The summed E-state index contributed by atoms with van der Waals surface area (Å²) < 4.78 is 44.1. The summed E-state index contributed by atoms with van der Waals surface area (Å²) >= 11 is 1.31. The molecule has 0 spiro atoms. The molecule has 0 amide bonds. The Morgan fingerprint density at radius 1 is 1.19 bits per heavy atom. The van der Waals surface area contributed by atoms with Gasteiger partial charge in [0.2, 0.25) is 11.0 Å². The van der Waals surface area contributed by atoms with Gasteiger partial charge in [-0.1, -0.05) is 0 Å². The lowest BCUT2D eigenvalue weighted by Gasteiger charge is -2.12. The second-order valence-electron chi connectivity index (χ2n) is 4.97. The van der Waals surface area contributed by atoms with Gasteiger partial charge in [-0.05, 0) is 42.0 Å². The molecule has 26 heavy (non-hydrogen) atoms. The summed E-state index contributed by atoms with van der Waals surface area (Å²) in [5, 5.41) is 6.23. The van der Waals surface area contributed by atoms with E-state index < -0.39 is 17.6 Å². The Hall–Kier alpha value is -3.14. The van der Waals surface area contributed by atoms with Crippen LogP contribution in [0.5, 0.6) is 11.6 Å². The van der Waals surface area contributed by atoms with Gasteiger partial charge in [0.25, 0.3) is 0 Å². The quantitative estimate of drug-likeness (QED) is 0.508. The van der Waals surface area contributed by atoms with Crippen LogP contribution in [0.4, 0.5) is 24.1 Å². The Bertz CT molecular complexity index is 909. The van der Waals surface area contributed by atoms with E-state index in [-0.39, 0.29) is 5.75 Å². The van der Waals surface area contributed by atoms with Gasteiger partial charge in [0.15, 0.2) is 0 Å². The molecule has 0 bridgehead atoms. The van der Waals surface area contributed by atoms with Crippen LogP contribution in [0.2, 0.25) is 0 Å². The predicted octanol–water partition coefficient (Wildman–Crippen LogP) is 4.38. The number of hydrogen-bond donors (Lipinski definition) is 2. The number of aromatic nitrogens is 2. The number of hydrazone groups is 1. The summed E-state index contributed by atoms with van der Waals surface area (Å²) in [6.07, 6.45) is -1.77. The van der Waals surface area contributed by atoms with Crippen LogP contribution >= 0.6 is 11.3 Å². The number of pyridine rings is 1. The molecule has 0 aliphatic heterocycles. The molecule has 0 radical (unpaired) electrons. The lowest BCUT2D eigenvalue weighted by atomic mass is 10.2. The third kappa shape index (κ3) is 4.48. The van der Waals surface area contributed by atoms with E-state index in [1.54, 1.807) is 17.5 Å². The van der Waals surface area contributed by atoms with Crippen molar-refractivity contribution < 1.29 is 17.9 Å². The number of halogens is 3. The number of rotatable bonds is 5. The van der Waals surface area contributed by atoms with Crippen LogP contribution in [-0.4, -0.2) is 16.2 Å². The minimum Gasteiger partial charge on any atom is -0.438 e.